The van der Waals surface area contributed by atoms with Crippen LogP contribution in [0.15, 0.2) is 51.8 Å². The summed E-state index contributed by atoms with van der Waals surface area (Å²) in [6.07, 6.45) is 1.82. The molecule has 1 atom stereocenters. The fourth-order valence-electron chi connectivity index (χ4n) is 2.53. The molecule has 6 heteroatoms. The number of aliphatic carboxylic acids is 1. The zero-order valence-corrected chi connectivity index (χ0v) is 14.6. The number of rotatable bonds is 6. The lowest BCUT2D eigenvalue weighted by molar-refractivity contribution is -0.137. The number of hydrogen-bond acceptors (Lipinski definition) is 4. The van der Waals surface area contributed by atoms with Gasteiger partial charge in [-0.3, -0.25) is 9.78 Å². The van der Waals surface area contributed by atoms with Gasteiger partial charge in [-0.1, -0.05) is 28.1 Å². The van der Waals surface area contributed by atoms with Gasteiger partial charge in [-0.05, 0) is 40.1 Å². The van der Waals surface area contributed by atoms with Crippen molar-refractivity contribution in [3.05, 3.63) is 62.9 Å². The van der Waals surface area contributed by atoms with Gasteiger partial charge in [0.05, 0.1) is 11.9 Å². The summed E-state index contributed by atoms with van der Waals surface area (Å²) in [5.74, 6) is -0.813. The van der Waals surface area contributed by atoms with Crippen LogP contribution in [0.4, 0.5) is 0 Å². The Labute approximate surface area is 146 Å². The average Bonchev–Trinajstić information content (AvgIpc) is 3.07. The van der Waals surface area contributed by atoms with Crippen LogP contribution >= 0.6 is 27.3 Å². The molecular weight excluding hydrogens is 376 g/mol. The first-order valence-corrected chi connectivity index (χ1v) is 8.88. The van der Waals surface area contributed by atoms with E-state index in [0.29, 0.717) is 6.54 Å². The van der Waals surface area contributed by atoms with Gasteiger partial charge >= 0.3 is 5.97 Å². The van der Waals surface area contributed by atoms with Crippen LogP contribution in [0.2, 0.25) is 0 Å². The molecule has 1 aromatic carbocycles. The smallest absolute Gasteiger partial charge is 0.305 e. The standard InChI is InChI=1S/C17H15BrN2O2S/c18-14-4-3-11(17-13(14)2-1-6-19-17)9-20-15(8-16(21)22)12-5-7-23-10-12/h1-7,10,15,20H,8-9H2,(H,21,22)/t15-/m1/s1. The van der Waals surface area contributed by atoms with Crippen molar-refractivity contribution in [2.24, 2.45) is 0 Å². The fourth-order valence-corrected chi connectivity index (χ4v) is 3.69. The molecule has 0 aliphatic heterocycles. The number of carboxylic acid groups (broad SMARTS) is 1. The van der Waals surface area contributed by atoms with Gasteiger partial charge in [-0.25, -0.2) is 0 Å². The molecule has 0 unspecified atom stereocenters. The second-order valence-corrected chi connectivity index (χ2v) is 6.83. The van der Waals surface area contributed by atoms with Crippen LogP contribution in [-0.2, 0) is 11.3 Å². The zero-order valence-electron chi connectivity index (χ0n) is 12.2. The Morgan fingerprint density at radius 2 is 2.22 bits per heavy atom. The molecule has 3 aromatic rings. The summed E-state index contributed by atoms with van der Waals surface area (Å²) in [7, 11) is 0. The van der Waals surface area contributed by atoms with E-state index in [0.717, 1.165) is 26.5 Å². The number of fused-ring (bicyclic) bond motifs is 1. The van der Waals surface area contributed by atoms with E-state index in [4.69, 9.17) is 5.11 Å². The highest BCUT2D eigenvalue weighted by molar-refractivity contribution is 9.10. The van der Waals surface area contributed by atoms with Crippen molar-refractivity contribution in [3.8, 4) is 0 Å². The molecule has 4 nitrogen and oxygen atoms in total. The summed E-state index contributed by atoms with van der Waals surface area (Å²) in [6, 6.07) is 9.69. The number of aromatic nitrogens is 1. The minimum atomic E-state index is -0.813. The molecule has 0 amide bonds. The first-order valence-electron chi connectivity index (χ1n) is 7.14. The largest absolute Gasteiger partial charge is 0.481 e. The van der Waals surface area contributed by atoms with Crippen LogP contribution in [-0.4, -0.2) is 16.1 Å². The summed E-state index contributed by atoms with van der Waals surface area (Å²) in [5.41, 5.74) is 2.98. The second kappa shape index (κ2) is 7.21. The molecule has 118 valence electrons. The second-order valence-electron chi connectivity index (χ2n) is 5.19. The Hall–Kier alpha value is -1.76. The highest BCUT2D eigenvalue weighted by atomic mass is 79.9. The van der Waals surface area contributed by atoms with Gasteiger partial charge in [0.25, 0.3) is 0 Å². The number of nitrogens with one attached hydrogen (secondary N) is 1. The SMILES string of the molecule is O=C(O)C[C@@H](NCc1ccc(Br)c2cccnc12)c1ccsc1. The minimum Gasteiger partial charge on any atom is -0.481 e. The molecule has 2 N–H and O–H groups in total. The van der Waals surface area contributed by atoms with Crippen LogP contribution in [0.5, 0.6) is 0 Å². The Morgan fingerprint density at radius 3 is 2.96 bits per heavy atom. The molecule has 0 aliphatic rings. The maximum absolute atomic E-state index is 11.1. The number of hydrogen-bond donors (Lipinski definition) is 2. The van der Waals surface area contributed by atoms with Crippen LogP contribution < -0.4 is 5.32 Å². The first-order chi connectivity index (χ1) is 11.1. The van der Waals surface area contributed by atoms with Crippen molar-refractivity contribution in [1.82, 2.24) is 10.3 Å². The molecule has 0 aliphatic carbocycles. The molecule has 0 bridgehead atoms. The zero-order chi connectivity index (χ0) is 16.2. The summed E-state index contributed by atoms with van der Waals surface area (Å²) in [5, 5.41) is 17.5. The number of carbonyl (C=O) groups is 1. The summed E-state index contributed by atoms with van der Waals surface area (Å²) in [6.45, 7) is 0.564. The maximum Gasteiger partial charge on any atom is 0.305 e. The van der Waals surface area contributed by atoms with Gasteiger partial charge in [0.2, 0.25) is 0 Å². The Kier molecular flexibility index (Phi) is 5.05. The number of carboxylic acids is 1. The van der Waals surface area contributed by atoms with Gasteiger partial charge in [-0.15, -0.1) is 0 Å². The number of nitrogens with zero attached hydrogens (tertiary/aromatic N) is 1. The third-order valence-electron chi connectivity index (χ3n) is 3.66. The third kappa shape index (κ3) is 3.77. The van der Waals surface area contributed by atoms with Gasteiger partial charge in [0.1, 0.15) is 0 Å². The Morgan fingerprint density at radius 1 is 1.35 bits per heavy atom. The van der Waals surface area contributed by atoms with Gasteiger partial charge in [0, 0.05) is 28.6 Å². The van der Waals surface area contributed by atoms with Crippen molar-refractivity contribution in [2.75, 3.05) is 0 Å². The van der Waals surface area contributed by atoms with E-state index in [1.54, 1.807) is 17.5 Å². The molecular formula is C17H15BrN2O2S. The van der Waals surface area contributed by atoms with Gasteiger partial charge < -0.3 is 10.4 Å². The monoisotopic (exact) mass is 390 g/mol. The van der Waals surface area contributed by atoms with E-state index in [-0.39, 0.29) is 12.5 Å². The highest BCUT2D eigenvalue weighted by Gasteiger charge is 2.16. The number of pyridine rings is 1. The van der Waals surface area contributed by atoms with E-state index >= 15 is 0 Å². The lowest BCUT2D eigenvalue weighted by Gasteiger charge is -2.17. The molecule has 2 heterocycles. The Balaban J connectivity index is 1.84. The summed E-state index contributed by atoms with van der Waals surface area (Å²) in [4.78, 5) is 15.6. The molecule has 0 saturated heterocycles. The van der Waals surface area contributed by atoms with Crippen molar-refractivity contribution in [1.29, 1.82) is 0 Å². The summed E-state index contributed by atoms with van der Waals surface area (Å²) >= 11 is 5.11. The molecule has 0 radical (unpaired) electrons. The third-order valence-corrected chi connectivity index (χ3v) is 5.06. The van der Waals surface area contributed by atoms with Crippen molar-refractivity contribution >= 4 is 44.1 Å². The van der Waals surface area contributed by atoms with E-state index in [1.165, 1.54) is 0 Å². The molecule has 0 saturated carbocycles. The van der Waals surface area contributed by atoms with Crippen molar-refractivity contribution in [2.45, 2.75) is 19.0 Å². The lowest BCUT2D eigenvalue weighted by Crippen LogP contribution is -2.23. The van der Waals surface area contributed by atoms with E-state index < -0.39 is 5.97 Å². The van der Waals surface area contributed by atoms with Crippen LogP contribution in [0.1, 0.15) is 23.6 Å². The minimum absolute atomic E-state index is 0.0542. The first kappa shape index (κ1) is 16.1. The van der Waals surface area contributed by atoms with Crippen LogP contribution in [0.25, 0.3) is 10.9 Å². The molecule has 23 heavy (non-hydrogen) atoms. The van der Waals surface area contributed by atoms with E-state index in [9.17, 15) is 4.79 Å². The predicted molar refractivity (Wildman–Crippen MR) is 95.6 cm³/mol. The van der Waals surface area contributed by atoms with Crippen LogP contribution in [0, 0.1) is 0 Å². The van der Waals surface area contributed by atoms with E-state index in [1.807, 2.05) is 41.1 Å². The number of thiophene rings is 1. The summed E-state index contributed by atoms with van der Waals surface area (Å²) < 4.78 is 1.00. The van der Waals surface area contributed by atoms with Gasteiger partial charge in [-0.2, -0.15) is 11.3 Å². The number of halogens is 1. The van der Waals surface area contributed by atoms with Gasteiger partial charge in [0.15, 0.2) is 0 Å². The van der Waals surface area contributed by atoms with E-state index in [2.05, 4.69) is 26.2 Å². The lowest BCUT2D eigenvalue weighted by atomic mass is 10.1. The normalized spacial score (nSPS) is 12.4. The average molecular weight is 391 g/mol. The molecule has 3 rings (SSSR count). The molecule has 0 fully saturated rings. The molecule has 0 spiro atoms. The highest BCUT2D eigenvalue weighted by Crippen LogP contribution is 2.26. The van der Waals surface area contributed by atoms with Crippen LogP contribution in [0.3, 0.4) is 0 Å². The quantitative estimate of drug-likeness (QED) is 0.655. The maximum atomic E-state index is 11.1. The predicted octanol–water partition coefficient (Wildman–Crippen LogP) is 4.36. The fraction of sp³-hybridized carbons (Fsp3) is 0.176. The van der Waals surface area contributed by atoms with Crippen molar-refractivity contribution in [3.63, 3.8) is 0 Å². The Bertz CT molecular complexity index is 821. The topological polar surface area (TPSA) is 62.2 Å². The molecule has 2 aromatic heterocycles. The number of benzene rings is 1. The van der Waals surface area contributed by atoms with Crippen molar-refractivity contribution < 1.29 is 9.90 Å².